The molecule has 0 unspecified atom stereocenters. The standard InChI is InChI=1S/C15H15ClFNO/c1-2-18-10-11-7-8-12(16)9-15(11)19-14-6-4-3-5-13(14)17/h3-9,18H,2,10H2,1H3. The molecule has 0 bridgehead atoms. The molecule has 0 radical (unpaired) electrons. The van der Waals surface area contributed by atoms with Crippen LogP contribution in [-0.2, 0) is 6.54 Å². The molecule has 0 aromatic heterocycles. The van der Waals surface area contributed by atoms with Crippen LogP contribution in [0.5, 0.6) is 11.5 Å². The minimum absolute atomic E-state index is 0.197. The molecule has 2 aromatic carbocycles. The number of ether oxygens (including phenoxy) is 1. The smallest absolute Gasteiger partial charge is 0.165 e. The molecule has 4 heteroatoms. The van der Waals surface area contributed by atoms with Gasteiger partial charge >= 0.3 is 0 Å². The Kier molecular flexibility index (Phi) is 4.77. The van der Waals surface area contributed by atoms with E-state index in [1.54, 1.807) is 30.3 Å². The number of nitrogens with one attached hydrogen (secondary N) is 1. The first-order valence-corrected chi connectivity index (χ1v) is 6.50. The molecule has 0 fully saturated rings. The van der Waals surface area contributed by atoms with Gasteiger partial charge in [0.15, 0.2) is 11.6 Å². The van der Waals surface area contributed by atoms with Crippen LogP contribution < -0.4 is 10.1 Å². The Morgan fingerprint density at radius 1 is 1.16 bits per heavy atom. The van der Waals surface area contributed by atoms with Gasteiger partial charge in [0.25, 0.3) is 0 Å². The minimum atomic E-state index is -0.392. The lowest BCUT2D eigenvalue weighted by atomic mass is 10.2. The summed E-state index contributed by atoms with van der Waals surface area (Å²) in [6, 6.07) is 11.7. The fourth-order valence-corrected chi connectivity index (χ4v) is 1.84. The molecule has 2 aromatic rings. The average molecular weight is 280 g/mol. The van der Waals surface area contributed by atoms with E-state index in [0.29, 0.717) is 17.3 Å². The monoisotopic (exact) mass is 279 g/mol. The molecule has 0 aliphatic rings. The van der Waals surface area contributed by atoms with Crippen LogP contribution in [0, 0.1) is 5.82 Å². The van der Waals surface area contributed by atoms with Crippen LogP contribution in [0.2, 0.25) is 5.02 Å². The summed E-state index contributed by atoms with van der Waals surface area (Å²) in [4.78, 5) is 0. The molecule has 2 nitrogen and oxygen atoms in total. The van der Waals surface area contributed by atoms with Crippen LogP contribution >= 0.6 is 11.6 Å². The van der Waals surface area contributed by atoms with Gasteiger partial charge in [-0.1, -0.05) is 36.7 Å². The maximum absolute atomic E-state index is 13.6. The summed E-state index contributed by atoms with van der Waals surface area (Å²) in [6.45, 7) is 3.52. The van der Waals surface area contributed by atoms with Gasteiger partial charge in [0.05, 0.1) is 0 Å². The zero-order chi connectivity index (χ0) is 13.7. The van der Waals surface area contributed by atoms with Crippen molar-refractivity contribution >= 4 is 11.6 Å². The van der Waals surface area contributed by atoms with E-state index in [1.807, 2.05) is 13.0 Å². The van der Waals surface area contributed by atoms with E-state index < -0.39 is 5.82 Å². The van der Waals surface area contributed by atoms with E-state index >= 15 is 0 Å². The third-order valence-electron chi connectivity index (χ3n) is 2.65. The second-order valence-electron chi connectivity index (χ2n) is 4.06. The predicted octanol–water partition coefficient (Wildman–Crippen LogP) is 4.38. The van der Waals surface area contributed by atoms with E-state index in [0.717, 1.165) is 12.1 Å². The number of hydrogen-bond donors (Lipinski definition) is 1. The molecule has 0 amide bonds. The lowest BCUT2D eigenvalue weighted by molar-refractivity contribution is 0.436. The Bertz CT molecular complexity index is 560. The van der Waals surface area contributed by atoms with E-state index in [2.05, 4.69) is 5.32 Å². The second kappa shape index (κ2) is 6.55. The fourth-order valence-electron chi connectivity index (χ4n) is 1.68. The Balaban J connectivity index is 2.27. The molecule has 100 valence electrons. The first-order valence-electron chi connectivity index (χ1n) is 6.12. The van der Waals surface area contributed by atoms with Crippen molar-refractivity contribution in [1.29, 1.82) is 0 Å². The number of hydrogen-bond acceptors (Lipinski definition) is 2. The molecule has 0 aliphatic carbocycles. The molecule has 19 heavy (non-hydrogen) atoms. The summed E-state index contributed by atoms with van der Waals surface area (Å²) in [5.74, 6) is 0.373. The number of benzene rings is 2. The number of para-hydroxylation sites is 1. The van der Waals surface area contributed by atoms with Crippen molar-refractivity contribution in [3.8, 4) is 11.5 Å². The lowest BCUT2D eigenvalue weighted by Gasteiger charge is -2.12. The van der Waals surface area contributed by atoms with E-state index in [4.69, 9.17) is 16.3 Å². The Morgan fingerprint density at radius 2 is 1.95 bits per heavy atom. The summed E-state index contributed by atoms with van der Waals surface area (Å²) >= 11 is 5.96. The molecule has 0 saturated heterocycles. The summed E-state index contributed by atoms with van der Waals surface area (Å²) in [5, 5.41) is 3.77. The van der Waals surface area contributed by atoms with Crippen molar-refractivity contribution in [1.82, 2.24) is 5.32 Å². The average Bonchev–Trinajstić information content (AvgIpc) is 2.40. The van der Waals surface area contributed by atoms with Gasteiger partial charge in [-0.25, -0.2) is 4.39 Å². The van der Waals surface area contributed by atoms with Crippen LogP contribution in [0.25, 0.3) is 0 Å². The molecule has 2 rings (SSSR count). The first-order chi connectivity index (χ1) is 9.20. The maximum atomic E-state index is 13.6. The van der Waals surface area contributed by atoms with Crippen molar-refractivity contribution in [2.24, 2.45) is 0 Å². The highest BCUT2D eigenvalue weighted by Crippen LogP contribution is 2.29. The van der Waals surface area contributed by atoms with Crippen LogP contribution in [0.15, 0.2) is 42.5 Å². The van der Waals surface area contributed by atoms with Crippen molar-refractivity contribution in [2.75, 3.05) is 6.54 Å². The zero-order valence-electron chi connectivity index (χ0n) is 10.6. The van der Waals surface area contributed by atoms with Crippen LogP contribution in [0.4, 0.5) is 4.39 Å². The summed E-state index contributed by atoms with van der Waals surface area (Å²) in [5.41, 5.74) is 0.939. The van der Waals surface area contributed by atoms with Gasteiger partial charge in [-0.2, -0.15) is 0 Å². The topological polar surface area (TPSA) is 21.3 Å². The summed E-state index contributed by atoms with van der Waals surface area (Å²) in [6.07, 6.45) is 0. The highest BCUT2D eigenvalue weighted by Gasteiger charge is 2.08. The van der Waals surface area contributed by atoms with Gasteiger partial charge in [0.1, 0.15) is 5.75 Å². The predicted molar refractivity (Wildman–Crippen MR) is 75.3 cm³/mol. The highest BCUT2D eigenvalue weighted by atomic mass is 35.5. The SMILES string of the molecule is CCNCc1ccc(Cl)cc1Oc1ccccc1F. The lowest BCUT2D eigenvalue weighted by Crippen LogP contribution is -2.12. The van der Waals surface area contributed by atoms with Gasteiger partial charge in [-0.15, -0.1) is 0 Å². The van der Waals surface area contributed by atoms with Crippen LogP contribution in [-0.4, -0.2) is 6.54 Å². The van der Waals surface area contributed by atoms with Gasteiger partial charge in [-0.05, 0) is 30.8 Å². The highest BCUT2D eigenvalue weighted by molar-refractivity contribution is 6.30. The van der Waals surface area contributed by atoms with Crippen molar-refractivity contribution in [2.45, 2.75) is 13.5 Å². The molecule has 0 atom stereocenters. The van der Waals surface area contributed by atoms with E-state index in [1.165, 1.54) is 6.07 Å². The van der Waals surface area contributed by atoms with Crippen molar-refractivity contribution < 1.29 is 9.13 Å². The Labute approximate surface area is 117 Å². The van der Waals surface area contributed by atoms with E-state index in [-0.39, 0.29) is 5.75 Å². The molecule has 0 saturated carbocycles. The second-order valence-corrected chi connectivity index (χ2v) is 4.50. The molecule has 0 aliphatic heterocycles. The maximum Gasteiger partial charge on any atom is 0.165 e. The molecule has 0 spiro atoms. The van der Waals surface area contributed by atoms with Gasteiger partial charge < -0.3 is 10.1 Å². The summed E-state index contributed by atoms with van der Waals surface area (Å²) < 4.78 is 19.2. The van der Waals surface area contributed by atoms with Crippen LogP contribution in [0.1, 0.15) is 12.5 Å². The molecular formula is C15H15ClFNO. The largest absolute Gasteiger partial charge is 0.454 e. The first kappa shape index (κ1) is 13.8. The Hall–Kier alpha value is -1.58. The van der Waals surface area contributed by atoms with Crippen molar-refractivity contribution in [3.05, 3.63) is 58.9 Å². The number of halogens is 2. The zero-order valence-corrected chi connectivity index (χ0v) is 11.4. The number of rotatable bonds is 5. The minimum Gasteiger partial charge on any atom is -0.454 e. The third kappa shape index (κ3) is 3.69. The summed E-state index contributed by atoms with van der Waals surface area (Å²) in [7, 11) is 0. The van der Waals surface area contributed by atoms with Gasteiger partial charge in [-0.3, -0.25) is 0 Å². The van der Waals surface area contributed by atoms with Gasteiger partial charge in [0, 0.05) is 17.1 Å². The normalized spacial score (nSPS) is 10.5. The third-order valence-corrected chi connectivity index (χ3v) is 2.89. The fraction of sp³-hybridized carbons (Fsp3) is 0.200. The van der Waals surface area contributed by atoms with E-state index in [9.17, 15) is 4.39 Å². The molecular weight excluding hydrogens is 265 g/mol. The van der Waals surface area contributed by atoms with Gasteiger partial charge in [0.2, 0.25) is 0 Å². The quantitative estimate of drug-likeness (QED) is 0.877. The molecule has 0 heterocycles. The van der Waals surface area contributed by atoms with Crippen LogP contribution in [0.3, 0.4) is 0 Å². The molecule has 1 N–H and O–H groups in total. The Morgan fingerprint density at radius 3 is 2.68 bits per heavy atom. The van der Waals surface area contributed by atoms with Crippen molar-refractivity contribution in [3.63, 3.8) is 0 Å².